The Bertz CT molecular complexity index is 209. The normalized spacial score (nSPS) is 11.1. The Morgan fingerprint density at radius 3 is 3.00 bits per heavy atom. The van der Waals surface area contributed by atoms with Gasteiger partial charge in [0.25, 0.3) is 0 Å². The van der Waals surface area contributed by atoms with Crippen LogP contribution < -0.4 is 0 Å². The molecule has 3 nitrogen and oxygen atoms in total. The van der Waals surface area contributed by atoms with Gasteiger partial charge in [0.15, 0.2) is 6.04 Å². The van der Waals surface area contributed by atoms with Crippen LogP contribution >= 0.6 is 12.2 Å². The molecule has 0 spiro atoms. The van der Waals surface area contributed by atoms with E-state index in [1.807, 2.05) is 0 Å². The molecular weight excluding hydrogens is 174 g/mol. The zero-order valence-corrected chi connectivity index (χ0v) is 7.76. The van der Waals surface area contributed by atoms with Crippen LogP contribution in [0.3, 0.4) is 0 Å². The number of hydrogen-bond acceptors (Lipinski definition) is 4. The lowest BCUT2D eigenvalue weighted by molar-refractivity contribution is -0.142. The van der Waals surface area contributed by atoms with Gasteiger partial charge in [-0.05, 0) is 25.1 Å². The van der Waals surface area contributed by atoms with Crippen molar-refractivity contribution in [3.05, 3.63) is 12.7 Å². The summed E-state index contributed by atoms with van der Waals surface area (Å²) < 4.78 is 4.51. The van der Waals surface area contributed by atoms with Crippen LogP contribution in [0.15, 0.2) is 17.6 Å². The lowest BCUT2D eigenvalue weighted by Gasteiger charge is -2.05. The molecule has 0 rings (SSSR count). The molecular formula is C8H11NO2S. The number of aliphatic imine (C=N–C) groups is 1. The van der Waals surface area contributed by atoms with Crippen LogP contribution in [0.25, 0.3) is 0 Å². The van der Waals surface area contributed by atoms with Crippen LogP contribution in [-0.2, 0) is 9.53 Å². The molecule has 1 unspecified atom stereocenters. The number of thiocarbonyl (C=S) groups is 1. The molecule has 12 heavy (non-hydrogen) atoms. The molecule has 0 N–H and O–H groups in total. The molecule has 1 atom stereocenters. The third kappa shape index (κ3) is 4.01. The Labute approximate surface area is 77.1 Å². The SMILES string of the molecule is C=CCCC(N=C=S)C(=O)OC. The van der Waals surface area contributed by atoms with Gasteiger partial charge in [0.2, 0.25) is 0 Å². The summed E-state index contributed by atoms with van der Waals surface area (Å²) in [4.78, 5) is 14.6. The Hall–Kier alpha value is -0.990. The predicted molar refractivity (Wildman–Crippen MR) is 50.3 cm³/mol. The highest BCUT2D eigenvalue weighted by molar-refractivity contribution is 7.78. The topological polar surface area (TPSA) is 38.7 Å². The number of isothiocyanates is 1. The van der Waals surface area contributed by atoms with Gasteiger partial charge < -0.3 is 4.74 Å². The van der Waals surface area contributed by atoms with E-state index in [0.29, 0.717) is 12.8 Å². The van der Waals surface area contributed by atoms with Gasteiger partial charge in [-0.1, -0.05) is 6.08 Å². The monoisotopic (exact) mass is 185 g/mol. The van der Waals surface area contributed by atoms with Crippen molar-refractivity contribution in [3.63, 3.8) is 0 Å². The molecule has 0 radical (unpaired) electrons. The average Bonchev–Trinajstić information content (AvgIpc) is 2.11. The van der Waals surface area contributed by atoms with Crippen molar-refractivity contribution in [2.24, 2.45) is 4.99 Å². The average molecular weight is 185 g/mol. The minimum Gasteiger partial charge on any atom is -0.467 e. The van der Waals surface area contributed by atoms with E-state index in [1.165, 1.54) is 7.11 Å². The molecule has 0 saturated carbocycles. The first-order valence-electron chi connectivity index (χ1n) is 3.52. The second-order valence-electron chi connectivity index (χ2n) is 2.13. The zero-order valence-electron chi connectivity index (χ0n) is 6.95. The number of carbonyl (C=O) groups excluding carboxylic acids is 1. The third-order valence-electron chi connectivity index (χ3n) is 1.33. The fourth-order valence-electron chi connectivity index (χ4n) is 0.710. The fourth-order valence-corrected chi connectivity index (χ4v) is 0.838. The summed E-state index contributed by atoms with van der Waals surface area (Å²) in [6.45, 7) is 3.54. The number of allylic oxidation sites excluding steroid dienone is 1. The Morgan fingerprint density at radius 2 is 2.58 bits per heavy atom. The van der Waals surface area contributed by atoms with E-state index in [2.05, 4.69) is 33.7 Å². The Morgan fingerprint density at radius 1 is 1.92 bits per heavy atom. The van der Waals surface area contributed by atoms with Gasteiger partial charge in [-0.25, -0.2) is 9.79 Å². The van der Waals surface area contributed by atoms with Crippen molar-refractivity contribution in [2.75, 3.05) is 7.11 Å². The molecule has 4 heteroatoms. The first-order valence-corrected chi connectivity index (χ1v) is 3.92. The van der Waals surface area contributed by atoms with Gasteiger partial charge in [0, 0.05) is 0 Å². The number of hydrogen-bond donors (Lipinski definition) is 0. The van der Waals surface area contributed by atoms with E-state index in [4.69, 9.17) is 0 Å². The molecule has 0 fully saturated rings. The second kappa shape index (κ2) is 6.70. The van der Waals surface area contributed by atoms with Crippen LogP contribution in [0.4, 0.5) is 0 Å². The Kier molecular flexibility index (Phi) is 6.15. The molecule has 0 saturated heterocycles. The standard InChI is InChI=1S/C8H11NO2S/c1-3-4-5-7(9-6-12)8(10)11-2/h3,7H,1,4-5H2,2H3. The molecule has 0 aliphatic rings. The van der Waals surface area contributed by atoms with Crippen LogP contribution in [0.1, 0.15) is 12.8 Å². The minimum absolute atomic E-state index is 0.380. The molecule has 0 heterocycles. The lowest BCUT2D eigenvalue weighted by Crippen LogP contribution is -2.19. The first-order chi connectivity index (χ1) is 5.76. The third-order valence-corrected chi connectivity index (χ3v) is 1.43. The zero-order chi connectivity index (χ0) is 9.40. The summed E-state index contributed by atoms with van der Waals surface area (Å²) in [5.74, 6) is -0.380. The molecule has 0 amide bonds. The van der Waals surface area contributed by atoms with Crippen molar-refractivity contribution in [2.45, 2.75) is 18.9 Å². The largest absolute Gasteiger partial charge is 0.467 e. The van der Waals surface area contributed by atoms with Crippen molar-refractivity contribution in [1.82, 2.24) is 0 Å². The quantitative estimate of drug-likeness (QED) is 0.282. The van der Waals surface area contributed by atoms with Crippen molar-refractivity contribution >= 4 is 23.3 Å². The van der Waals surface area contributed by atoms with E-state index < -0.39 is 6.04 Å². The number of nitrogens with zero attached hydrogens (tertiary/aromatic N) is 1. The highest BCUT2D eigenvalue weighted by Crippen LogP contribution is 2.03. The number of ether oxygens (including phenoxy) is 1. The maximum absolute atomic E-state index is 11.0. The van der Waals surface area contributed by atoms with E-state index in [0.717, 1.165) is 0 Å². The fraction of sp³-hybridized carbons (Fsp3) is 0.500. The van der Waals surface area contributed by atoms with Gasteiger partial charge in [0.05, 0.1) is 12.3 Å². The molecule has 0 bridgehead atoms. The number of methoxy groups -OCH3 is 1. The summed E-state index contributed by atoms with van der Waals surface area (Å²) >= 11 is 4.40. The van der Waals surface area contributed by atoms with Crippen LogP contribution in [0.2, 0.25) is 0 Å². The van der Waals surface area contributed by atoms with Gasteiger partial charge in [-0.3, -0.25) is 0 Å². The first kappa shape index (κ1) is 11.0. The molecule has 0 aromatic carbocycles. The molecule has 0 aliphatic heterocycles. The molecule has 0 aliphatic carbocycles. The summed E-state index contributed by atoms with van der Waals surface area (Å²) in [5.41, 5.74) is 0. The second-order valence-corrected chi connectivity index (χ2v) is 2.31. The lowest BCUT2D eigenvalue weighted by atomic mass is 10.2. The highest BCUT2D eigenvalue weighted by atomic mass is 32.1. The van der Waals surface area contributed by atoms with Gasteiger partial charge >= 0.3 is 5.97 Å². The van der Waals surface area contributed by atoms with Gasteiger partial charge in [-0.15, -0.1) is 6.58 Å². The predicted octanol–water partition coefficient (Wildman–Crippen LogP) is 1.60. The van der Waals surface area contributed by atoms with E-state index in [9.17, 15) is 4.79 Å². The summed E-state index contributed by atoms with van der Waals surface area (Å²) in [5, 5.41) is 2.17. The summed E-state index contributed by atoms with van der Waals surface area (Å²) in [6, 6.07) is -0.523. The van der Waals surface area contributed by atoms with Crippen molar-refractivity contribution in [1.29, 1.82) is 0 Å². The maximum atomic E-state index is 11.0. The molecule has 0 aromatic rings. The minimum atomic E-state index is -0.523. The van der Waals surface area contributed by atoms with Crippen LogP contribution in [0, 0.1) is 0 Å². The molecule has 66 valence electrons. The van der Waals surface area contributed by atoms with Gasteiger partial charge in [0.1, 0.15) is 0 Å². The van der Waals surface area contributed by atoms with Crippen molar-refractivity contribution in [3.8, 4) is 0 Å². The molecule has 0 aromatic heterocycles. The number of esters is 1. The highest BCUT2D eigenvalue weighted by Gasteiger charge is 2.15. The number of rotatable bonds is 5. The van der Waals surface area contributed by atoms with Crippen molar-refractivity contribution < 1.29 is 9.53 Å². The smallest absolute Gasteiger partial charge is 0.331 e. The Balaban J connectivity index is 4.11. The van der Waals surface area contributed by atoms with Crippen LogP contribution in [0.5, 0.6) is 0 Å². The van der Waals surface area contributed by atoms with Gasteiger partial charge in [-0.2, -0.15) is 0 Å². The van der Waals surface area contributed by atoms with E-state index >= 15 is 0 Å². The van der Waals surface area contributed by atoms with Crippen LogP contribution in [-0.4, -0.2) is 24.3 Å². The van der Waals surface area contributed by atoms with E-state index in [-0.39, 0.29) is 5.97 Å². The van der Waals surface area contributed by atoms with E-state index in [1.54, 1.807) is 6.08 Å². The number of carbonyl (C=O) groups is 1. The maximum Gasteiger partial charge on any atom is 0.331 e. The summed E-state index contributed by atoms with van der Waals surface area (Å²) in [7, 11) is 1.32. The summed E-state index contributed by atoms with van der Waals surface area (Å²) in [6.07, 6.45) is 2.99.